The van der Waals surface area contributed by atoms with Crippen LogP contribution in [0.15, 0.2) is 24.3 Å². The molecule has 0 saturated carbocycles. The van der Waals surface area contributed by atoms with Gasteiger partial charge in [0.2, 0.25) is 0 Å². The van der Waals surface area contributed by atoms with Gasteiger partial charge >= 0.3 is 0 Å². The standard InChI is InChI=1S/C14H23NO/c1-11(2)12-5-7-13(8-6-12)15-9-14(3,4)10-16/h5-8,11,15-16H,9-10H2,1-4H3. The van der Waals surface area contributed by atoms with Crippen molar-refractivity contribution in [3.05, 3.63) is 29.8 Å². The van der Waals surface area contributed by atoms with Crippen LogP contribution in [0, 0.1) is 5.41 Å². The molecular formula is C14H23NO. The normalized spacial score (nSPS) is 11.9. The SMILES string of the molecule is CC(C)c1ccc(NCC(C)(C)CO)cc1. The van der Waals surface area contributed by atoms with E-state index >= 15 is 0 Å². The summed E-state index contributed by atoms with van der Waals surface area (Å²) in [5, 5.41) is 12.5. The number of hydrogen-bond acceptors (Lipinski definition) is 2. The molecule has 2 nitrogen and oxygen atoms in total. The molecule has 0 spiro atoms. The summed E-state index contributed by atoms with van der Waals surface area (Å²) < 4.78 is 0. The van der Waals surface area contributed by atoms with Crippen molar-refractivity contribution in [3.8, 4) is 0 Å². The predicted molar refractivity (Wildman–Crippen MR) is 69.9 cm³/mol. The minimum absolute atomic E-state index is 0.0727. The minimum Gasteiger partial charge on any atom is -0.396 e. The van der Waals surface area contributed by atoms with Gasteiger partial charge in [0.25, 0.3) is 0 Å². The summed E-state index contributed by atoms with van der Waals surface area (Å²) in [6.45, 7) is 9.45. The Morgan fingerprint density at radius 1 is 1.19 bits per heavy atom. The number of benzene rings is 1. The summed E-state index contributed by atoms with van der Waals surface area (Å²) in [7, 11) is 0. The molecule has 0 saturated heterocycles. The van der Waals surface area contributed by atoms with Crippen molar-refractivity contribution in [1.82, 2.24) is 0 Å². The minimum atomic E-state index is -0.0727. The van der Waals surface area contributed by atoms with Crippen LogP contribution in [-0.4, -0.2) is 18.3 Å². The van der Waals surface area contributed by atoms with E-state index in [4.69, 9.17) is 5.11 Å². The third-order valence-electron chi connectivity index (χ3n) is 2.78. The van der Waals surface area contributed by atoms with Crippen molar-refractivity contribution in [2.75, 3.05) is 18.5 Å². The number of aliphatic hydroxyl groups excluding tert-OH is 1. The molecule has 0 unspecified atom stereocenters. The van der Waals surface area contributed by atoms with Gasteiger partial charge in [-0.2, -0.15) is 0 Å². The maximum atomic E-state index is 9.15. The van der Waals surface area contributed by atoms with Gasteiger partial charge in [-0.3, -0.25) is 0 Å². The summed E-state index contributed by atoms with van der Waals surface area (Å²) >= 11 is 0. The van der Waals surface area contributed by atoms with Gasteiger partial charge in [0.05, 0.1) is 0 Å². The van der Waals surface area contributed by atoms with Gasteiger partial charge in [0.15, 0.2) is 0 Å². The van der Waals surface area contributed by atoms with Crippen molar-refractivity contribution >= 4 is 5.69 Å². The van der Waals surface area contributed by atoms with Gasteiger partial charge in [-0.1, -0.05) is 39.8 Å². The molecule has 90 valence electrons. The van der Waals surface area contributed by atoms with Gasteiger partial charge < -0.3 is 10.4 Å². The second-order valence-electron chi connectivity index (χ2n) is 5.45. The highest BCUT2D eigenvalue weighted by molar-refractivity contribution is 5.45. The van der Waals surface area contributed by atoms with E-state index < -0.39 is 0 Å². The molecule has 0 bridgehead atoms. The lowest BCUT2D eigenvalue weighted by molar-refractivity contribution is 0.171. The number of rotatable bonds is 5. The molecule has 1 aromatic rings. The van der Waals surface area contributed by atoms with E-state index in [1.807, 2.05) is 13.8 Å². The Morgan fingerprint density at radius 2 is 1.75 bits per heavy atom. The van der Waals surface area contributed by atoms with Crippen molar-refractivity contribution in [3.63, 3.8) is 0 Å². The van der Waals surface area contributed by atoms with Crippen molar-refractivity contribution in [2.24, 2.45) is 5.41 Å². The zero-order valence-electron chi connectivity index (χ0n) is 10.7. The number of hydrogen-bond donors (Lipinski definition) is 2. The van der Waals surface area contributed by atoms with Crippen LogP contribution in [-0.2, 0) is 0 Å². The van der Waals surface area contributed by atoms with Crippen molar-refractivity contribution < 1.29 is 5.11 Å². The third kappa shape index (κ3) is 3.86. The Labute approximate surface area is 98.7 Å². The number of aliphatic hydroxyl groups is 1. The molecule has 0 aliphatic carbocycles. The van der Waals surface area contributed by atoms with E-state index in [0.717, 1.165) is 12.2 Å². The quantitative estimate of drug-likeness (QED) is 0.800. The molecule has 16 heavy (non-hydrogen) atoms. The summed E-state index contributed by atoms with van der Waals surface area (Å²) in [4.78, 5) is 0. The number of anilines is 1. The van der Waals surface area contributed by atoms with Crippen molar-refractivity contribution in [1.29, 1.82) is 0 Å². The lowest BCUT2D eigenvalue weighted by Gasteiger charge is -2.22. The zero-order valence-corrected chi connectivity index (χ0v) is 10.7. The molecule has 0 aliphatic rings. The van der Waals surface area contributed by atoms with Crippen LogP contribution in [0.25, 0.3) is 0 Å². The molecule has 0 aromatic heterocycles. The molecule has 2 heteroatoms. The van der Waals surface area contributed by atoms with E-state index in [1.54, 1.807) is 0 Å². The Balaban J connectivity index is 2.56. The Bertz CT molecular complexity index is 314. The molecule has 2 N–H and O–H groups in total. The fourth-order valence-electron chi connectivity index (χ4n) is 1.38. The second-order valence-corrected chi connectivity index (χ2v) is 5.45. The van der Waals surface area contributed by atoms with Gasteiger partial charge in [-0.15, -0.1) is 0 Å². The molecule has 1 rings (SSSR count). The van der Waals surface area contributed by atoms with E-state index in [9.17, 15) is 0 Å². The first kappa shape index (κ1) is 13.0. The maximum absolute atomic E-state index is 9.15. The number of nitrogens with one attached hydrogen (secondary N) is 1. The van der Waals surface area contributed by atoms with Crippen LogP contribution in [0.4, 0.5) is 5.69 Å². The molecule has 1 aromatic carbocycles. The molecule has 0 aliphatic heterocycles. The largest absolute Gasteiger partial charge is 0.396 e. The van der Waals surface area contributed by atoms with E-state index in [-0.39, 0.29) is 12.0 Å². The van der Waals surface area contributed by atoms with Crippen LogP contribution in [0.3, 0.4) is 0 Å². The Hall–Kier alpha value is -1.02. The van der Waals surface area contributed by atoms with Gasteiger partial charge in [-0.05, 0) is 23.6 Å². The lowest BCUT2D eigenvalue weighted by atomic mass is 9.95. The van der Waals surface area contributed by atoms with E-state index in [0.29, 0.717) is 5.92 Å². The average Bonchev–Trinajstić information content (AvgIpc) is 2.27. The van der Waals surface area contributed by atoms with Crippen LogP contribution in [0.1, 0.15) is 39.2 Å². The molecule has 0 radical (unpaired) electrons. The third-order valence-corrected chi connectivity index (χ3v) is 2.78. The van der Waals surface area contributed by atoms with Gasteiger partial charge in [-0.25, -0.2) is 0 Å². The predicted octanol–water partition coefficient (Wildman–Crippen LogP) is 3.24. The second kappa shape index (κ2) is 5.35. The highest BCUT2D eigenvalue weighted by Gasteiger charge is 2.15. The Morgan fingerprint density at radius 3 is 2.19 bits per heavy atom. The van der Waals surface area contributed by atoms with Crippen LogP contribution >= 0.6 is 0 Å². The topological polar surface area (TPSA) is 32.3 Å². The molecule has 0 fully saturated rings. The summed E-state index contributed by atoms with van der Waals surface area (Å²) in [6, 6.07) is 8.50. The van der Waals surface area contributed by atoms with E-state index in [2.05, 4.69) is 43.4 Å². The molecule has 0 amide bonds. The fourth-order valence-corrected chi connectivity index (χ4v) is 1.38. The molecule has 0 atom stereocenters. The summed E-state index contributed by atoms with van der Waals surface area (Å²) in [6.07, 6.45) is 0. The van der Waals surface area contributed by atoms with Gasteiger partial charge in [0.1, 0.15) is 0 Å². The highest BCUT2D eigenvalue weighted by Crippen LogP contribution is 2.19. The smallest absolute Gasteiger partial charge is 0.0498 e. The highest BCUT2D eigenvalue weighted by atomic mass is 16.3. The van der Waals surface area contributed by atoms with Crippen LogP contribution < -0.4 is 5.32 Å². The summed E-state index contributed by atoms with van der Waals surface area (Å²) in [5.74, 6) is 0.572. The van der Waals surface area contributed by atoms with Crippen molar-refractivity contribution in [2.45, 2.75) is 33.6 Å². The zero-order chi connectivity index (χ0) is 12.2. The molecular weight excluding hydrogens is 198 g/mol. The molecule has 0 heterocycles. The first-order valence-corrected chi connectivity index (χ1v) is 5.89. The first-order chi connectivity index (χ1) is 7.44. The fraction of sp³-hybridized carbons (Fsp3) is 0.571. The van der Waals surface area contributed by atoms with Crippen LogP contribution in [0.2, 0.25) is 0 Å². The average molecular weight is 221 g/mol. The van der Waals surface area contributed by atoms with E-state index in [1.165, 1.54) is 5.56 Å². The monoisotopic (exact) mass is 221 g/mol. The summed E-state index contributed by atoms with van der Waals surface area (Å²) in [5.41, 5.74) is 2.40. The van der Waals surface area contributed by atoms with Crippen LogP contribution in [0.5, 0.6) is 0 Å². The maximum Gasteiger partial charge on any atom is 0.0498 e. The Kier molecular flexibility index (Phi) is 4.36. The first-order valence-electron chi connectivity index (χ1n) is 5.89. The lowest BCUT2D eigenvalue weighted by Crippen LogP contribution is -2.26. The van der Waals surface area contributed by atoms with Gasteiger partial charge in [0, 0.05) is 24.3 Å².